The Labute approximate surface area is 101 Å². The standard InChI is InChI=1S/C13H18O4/c1-9(2)13(15)17-12(14)8-16-11-6-4-10(3)5-7-11/h4-7,9,12,14H,8H2,1-3H3. The Morgan fingerprint density at radius 3 is 2.41 bits per heavy atom. The van der Waals surface area contributed by atoms with Crippen molar-refractivity contribution < 1.29 is 19.4 Å². The third-order valence-corrected chi connectivity index (χ3v) is 2.14. The van der Waals surface area contributed by atoms with Crippen LogP contribution in [0.5, 0.6) is 5.75 Å². The van der Waals surface area contributed by atoms with E-state index in [1.54, 1.807) is 26.0 Å². The molecule has 0 amide bonds. The number of aliphatic hydroxyl groups excluding tert-OH is 1. The van der Waals surface area contributed by atoms with Crippen molar-refractivity contribution in [1.82, 2.24) is 0 Å². The van der Waals surface area contributed by atoms with E-state index in [-0.39, 0.29) is 12.5 Å². The lowest BCUT2D eigenvalue weighted by atomic mass is 10.2. The van der Waals surface area contributed by atoms with E-state index >= 15 is 0 Å². The Morgan fingerprint density at radius 2 is 1.88 bits per heavy atom. The first kappa shape index (κ1) is 13.5. The lowest BCUT2D eigenvalue weighted by Crippen LogP contribution is -2.26. The summed E-state index contributed by atoms with van der Waals surface area (Å²) < 4.78 is 10.0. The van der Waals surface area contributed by atoms with E-state index in [9.17, 15) is 9.90 Å². The van der Waals surface area contributed by atoms with E-state index in [1.165, 1.54) is 0 Å². The summed E-state index contributed by atoms with van der Waals surface area (Å²) >= 11 is 0. The Bertz CT molecular complexity index is 356. The van der Waals surface area contributed by atoms with Crippen molar-refractivity contribution in [2.45, 2.75) is 27.1 Å². The van der Waals surface area contributed by atoms with Crippen LogP contribution >= 0.6 is 0 Å². The SMILES string of the molecule is Cc1ccc(OCC(O)OC(=O)C(C)C)cc1. The molecule has 4 heteroatoms. The number of esters is 1. The summed E-state index contributed by atoms with van der Waals surface area (Å²) in [5.74, 6) is -0.0655. The average molecular weight is 238 g/mol. The van der Waals surface area contributed by atoms with Gasteiger partial charge in [-0.2, -0.15) is 0 Å². The number of rotatable bonds is 5. The third kappa shape index (κ3) is 4.87. The molecule has 0 saturated heterocycles. The van der Waals surface area contributed by atoms with Crippen LogP contribution in [0.25, 0.3) is 0 Å². The molecule has 0 aromatic heterocycles. The van der Waals surface area contributed by atoms with Gasteiger partial charge in [-0.05, 0) is 19.1 Å². The number of carbonyl (C=O) groups is 1. The maximum atomic E-state index is 11.2. The number of ether oxygens (including phenoxy) is 2. The average Bonchev–Trinajstić information content (AvgIpc) is 2.28. The van der Waals surface area contributed by atoms with Crippen LogP contribution in [0.15, 0.2) is 24.3 Å². The van der Waals surface area contributed by atoms with Crippen molar-refractivity contribution >= 4 is 5.97 Å². The van der Waals surface area contributed by atoms with E-state index in [1.807, 2.05) is 19.1 Å². The summed E-state index contributed by atoms with van der Waals surface area (Å²) in [5, 5.41) is 9.42. The minimum atomic E-state index is -1.23. The molecule has 1 atom stereocenters. The van der Waals surface area contributed by atoms with Gasteiger partial charge in [-0.1, -0.05) is 31.5 Å². The zero-order chi connectivity index (χ0) is 12.8. The minimum Gasteiger partial charge on any atom is -0.487 e. The molecule has 94 valence electrons. The second kappa shape index (κ2) is 6.25. The largest absolute Gasteiger partial charge is 0.487 e. The summed E-state index contributed by atoms with van der Waals surface area (Å²) in [6.45, 7) is 5.32. The van der Waals surface area contributed by atoms with Crippen molar-refractivity contribution in [2.75, 3.05) is 6.61 Å². The predicted molar refractivity (Wildman–Crippen MR) is 63.6 cm³/mol. The van der Waals surface area contributed by atoms with Gasteiger partial charge in [0.1, 0.15) is 5.75 Å². The van der Waals surface area contributed by atoms with Gasteiger partial charge in [-0.25, -0.2) is 0 Å². The molecule has 0 aliphatic carbocycles. The zero-order valence-electron chi connectivity index (χ0n) is 10.3. The lowest BCUT2D eigenvalue weighted by Gasteiger charge is -2.14. The molecule has 0 aliphatic heterocycles. The van der Waals surface area contributed by atoms with Gasteiger partial charge >= 0.3 is 5.97 Å². The summed E-state index contributed by atoms with van der Waals surface area (Å²) in [4.78, 5) is 11.2. The Balaban J connectivity index is 2.35. The monoisotopic (exact) mass is 238 g/mol. The second-order valence-corrected chi connectivity index (χ2v) is 4.17. The summed E-state index contributed by atoms with van der Waals surface area (Å²) in [5.41, 5.74) is 1.13. The molecule has 0 fully saturated rings. The first-order chi connectivity index (χ1) is 7.99. The molecule has 1 aromatic carbocycles. The molecule has 0 aliphatic rings. The number of hydrogen-bond donors (Lipinski definition) is 1. The van der Waals surface area contributed by atoms with Gasteiger partial charge in [0, 0.05) is 0 Å². The highest BCUT2D eigenvalue weighted by Crippen LogP contribution is 2.12. The topological polar surface area (TPSA) is 55.8 Å². The van der Waals surface area contributed by atoms with Gasteiger partial charge in [0.2, 0.25) is 6.29 Å². The maximum Gasteiger partial charge on any atom is 0.310 e. The Kier molecular flexibility index (Phi) is 4.97. The number of hydrogen-bond acceptors (Lipinski definition) is 4. The summed E-state index contributed by atoms with van der Waals surface area (Å²) in [7, 11) is 0. The van der Waals surface area contributed by atoms with E-state index in [4.69, 9.17) is 9.47 Å². The van der Waals surface area contributed by atoms with Crippen LogP contribution in [0.4, 0.5) is 0 Å². The minimum absolute atomic E-state index is 0.0679. The number of aliphatic hydroxyl groups is 1. The van der Waals surface area contributed by atoms with E-state index < -0.39 is 12.3 Å². The van der Waals surface area contributed by atoms with Crippen LogP contribution in [0.3, 0.4) is 0 Å². The normalized spacial score (nSPS) is 12.3. The fourth-order valence-corrected chi connectivity index (χ4v) is 1.11. The van der Waals surface area contributed by atoms with Gasteiger partial charge in [-0.15, -0.1) is 0 Å². The van der Waals surface area contributed by atoms with Crippen molar-refractivity contribution in [3.63, 3.8) is 0 Å². The van der Waals surface area contributed by atoms with Crippen LogP contribution < -0.4 is 4.74 Å². The van der Waals surface area contributed by atoms with Crippen molar-refractivity contribution in [2.24, 2.45) is 5.92 Å². The molecular formula is C13H18O4. The lowest BCUT2D eigenvalue weighted by molar-refractivity contribution is -0.175. The fraction of sp³-hybridized carbons (Fsp3) is 0.462. The zero-order valence-corrected chi connectivity index (χ0v) is 10.3. The maximum absolute atomic E-state index is 11.2. The van der Waals surface area contributed by atoms with Gasteiger partial charge in [0.25, 0.3) is 0 Å². The van der Waals surface area contributed by atoms with Crippen LogP contribution in [0.1, 0.15) is 19.4 Å². The molecule has 0 radical (unpaired) electrons. The predicted octanol–water partition coefficient (Wildman–Crippen LogP) is 1.89. The molecule has 0 heterocycles. The van der Waals surface area contributed by atoms with E-state index in [0.717, 1.165) is 5.56 Å². The van der Waals surface area contributed by atoms with Gasteiger partial charge in [-0.3, -0.25) is 4.79 Å². The molecule has 1 unspecified atom stereocenters. The van der Waals surface area contributed by atoms with Gasteiger partial charge in [0.05, 0.1) is 5.92 Å². The second-order valence-electron chi connectivity index (χ2n) is 4.17. The first-order valence-electron chi connectivity index (χ1n) is 5.57. The molecular weight excluding hydrogens is 220 g/mol. The highest BCUT2D eigenvalue weighted by molar-refractivity contribution is 5.71. The number of benzene rings is 1. The van der Waals surface area contributed by atoms with Crippen molar-refractivity contribution in [3.05, 3.63) is 29.8 Å². The van der Waals surface area contributed by atoms with Crippen LogP contribution in [0.2, 0.25) is 0 Å². The third-order valence-electron chi connectivity index (χ3n) is 2.14. The highest BCUT2D eigenvalue weighted by atomic mass is 16.7. The molecule has 1 rings (SSSR count). The van der Waals surface area contributed by atoms with Crippen molar-refractivity contribution in [1.29, 1.82) is 0 Å². The van der Waals surface area contributed by atoms with Gasteiger partial charge < -0.3 is 14.6 Å². The Hall–Kier alpha value is -1.55. The highest BCUT2D eigenvalue weighted by Gasteiger charge is 2.14. The first-order valence-corrected chi connectivity index (χ1v) is 5.57. The molecule has 1 aromatic rings. The van der Waals surface area contributed by atoms with Crippen LogP contribution in [0, 0.1) is 12.8 Å². The van der Waals surface area contributed by atoms with Crippen molar-refractivity contribution in [3.8, 4) is 5.75 Å². The molecule has 0 spiro atoms. The Morgan fingerprint density at radius 1 is 1.29 bits per heavy atom. The molecule has 4 nitrogen and oxygen atoms in total. The number of carbonyl (C=O) groups excluding carboxylic acids is 1. The van der Waals surface area contributed by atoms with Gasteiger partial charge in [0.15, 0.2) is 6.61 Å². The quantitative estimate of drug-likeness (QED) is 0.628. The van der Waals surface area contributed by atoms with E-state index in [0.29, 0.717) is 5.75 Å². The fourth-order valence-electron chi connectivity index (χ4n) is 1.11. The number of aryl methyl sites for hydroxylation is 1. The molecule has 0 saturated carbocycles. The summed E-state index contributed by atoms with van der Waals surface area (Å²) in [6, 6.07) is 7.41. The molecule has 0 bridgehead atoms. The van der Waals surface area contributed by atoms with E-state index in [2.05, 4.69) is 0 Å². The van der Waals surface area contributed by atoms with Crippen LogP contribution in [-0.4, -0.2) is 24.0 Å². The molecule has 17 heavy (non-hydrogen) atoms. The molecule has 1 N–H and O–H groups in total. The van der Waals surface area contributed by atoms with Crippen LogP contribution in [-0.2, 0) is 9.53 Å². The smallest absolute Gasteiger partial charge is 0.310 e. The summed E-state index contributed by atoms with van der Waals surface area (Å²) in [6.07, 6.45) is -1.23.